The molecule has 2 rings (SSSR count). The average molecular weight is 410 g/mol. The van der Waals surface area contributed by atoms with Crippen LogP contribution in [0.3, 0.4) is 0 Å². The maximum absolute atomic E-state index is 12.8. The third-order valence-electron chi connectivity index (χ3n) is 4.04. The molecule has 128 valence electrons. The van der Waals surface area contributed by atoms with Gasteiger partial charge in [0.05, 0.1) is 4.90 Å². The maximum Gasteiger partial charge on any atom is 0.241 e. The molecule has 2 aromatic carbocycles. The molecule has 0 fully saturated rings. The van der Waals surface area contributed by atoms with Crippen molar-refractivity contribution < 1.29 is 13.2 Å². The van der Waals surface area contributed by atoms with E-state index in [1.807, 2.05) is 31.2 Å². The van der Waals surface area contributed by atoms with Crippen LogP contribution in [0.15, 0.2) is 57.9 Å². The number of amides is 1. The summed E-state index contributed by atoms with van der Waals surface area (Å²) >= 11 is 3.27. The number of carbonyl (C=O) groups is 1. The average Bonchev–Trinajstić information content (AvgIpc) is 2.54. The lowest BCUT2D eigenvalue weighted by Crippen LogP contribution is -2.47. The van der Waals surface area contributed by atoms with Crippen LogP contribution in [0.25, 0.3) is 0 Å². The van der Waals surface area contributed by atoms with Crippen LogP contribution < -0.4 is 5.32 Å². The van der Waals surface area contributed by atoms with Crippen molar-refractivity contribution in [2.75, 3.05) is 0 Å². The summed E-state index contributed by atoms with van der Waals surface area (Å²) in [6.45, 7) is 5.10. The second-order valence-electron chi connectivity index (χ2n) is 6.08. The Bertz CT molecular complexity index is 843. The highest BCUT2D eigenvalue weighted by Crippen LogP contribution is 2.27. The highest BCUT2D eigenvalue weighted by atomic mass is 79.9. The first-order valence-electron chi connectivity index (χ1n) is 7.49. The topological polar surface area (TPSA) is 63.2 Å². The highest BCUT2D eigenvalue weighted by molar-refractivity contribution is 9.10. The summed E-state index contributed by atoms with van der Waals surface area (Å²) < 4.78 is 24.8. The molecule has 0 aliphatic heterocycles. The largest absolute Gasteiger partial charge is 0.351 e. The molecular formula is C18H20BrNO3S. The van der Waals surface area contributed by atoms with E-state index in [1.54, 1.807) is 12.1 Å². The highest BCUT2D eigenvalue weighted by Gasteiger charge is 2.42. The molecule has 0 bridgehead atoms. The van der Waals surface area contributed by atoms with Gasteiger partial charge in [0, 0.05) is 11.0 Å². The quantitative estimate of drug-likeness (QED) is 0.819. The van der Waals surface area contributed by atoms with Gasteiger partial charge in [-0.15, -0.1) is 0 Å². The van der Waals surface area contributed by atoms with E-state index in [0.29, 0.717) is 6.54 Å². The van der Waals surface area contributed by atoms with Gasteiger partial charge < -0.3 is 5.32 Å². The van der Waals surface area contributed by atoms with E-state index in [2.05, 4.69) is 21.2 Å². The molecular weight excluding hydrogens is 390 g/mol. The van der Waals surface area contributed by atoms with Crippen molar-refractivity contribution in [1.82, 2.24) is 5.32 Å². The summed E-state index contributed by atoms with van der Waals surface area (Å²) in [5, 5.41) is 2.74. The summed E-state index contributed by atoms with van der Waals surface area (Å²) in [5.41, 5.74) is 2.01. The number of benzene rings is 2. The zero-order valence-corrected chi connectivity index (χ0v) is 16.2. The third-order valence-corrected chi connectivity index (χ3v) is 6.99. The Morgan fingerprint density at radius 2 is 1.67 bits per heavy atom. The van der Waals surface area contributed by atoms with Crippen molar-refractivity contribution in [2.45, 2.75) is 37.0 Å². The van der Waals surface area contributed by atoms with E-state index >= 15 is 0 Å². The predicted octanol–water partition coefficient (Wildman–Crippen LogP) is 3.63. The lowest BCUT2D eigenvalue weighted by molar-refractivity contribution is -0.123. The fraction of sp³-hybridized carbons (Fsp3) is 0.278. The minimum absolute atomic E-state index is 0.127. The fourth-order valence-corrected chi connectivity index (χ4v) is 3.89. The zero-order valence-electron chi connectivity index (χ0n) is 13.8. The van der Waals surface area contributed by atoms with Crippen molar-refractivity contribution in [1.29, 1.82) is 0 Å². The van der Waals surface area contributed by atoms with Gasteiger partial charge in [-0.25, -0.2) is 8.42 Å². The Labute approximate surface area is 151 Å². The lowest BCUT2D eigenvalue weighted by atomic mass is 10.1. The minimum atomic E-state index is -3.80. The van der Waals surface area contributed by atoms with Gasteiger partial charge in [-0.2, -0.15) is 0 Å². The smallest absolute Gasteiger partial charge is 0.241 e. The second-order valence-corrected chi connectivity index (χ2v) is 9.49. The SMILES string of the molecule is Cc1ccccc1CNC(=O)C(C)(C)S(=O)(=O)c1ccc(Br)cc1. The number of sulfone groups is 1. The summed E-state index contributed by atoms with van der Waals surface area (Å²) in [4.78, 5) is 12.7. The number of nitrogens with one attached hydrogen (secondary N) is 1. The number of hydrogen-bond acceptors (Lipinski definition) is 3. The summed E-state index contributed by atoms with van der Waals surface area (Å²) in [5.74, 6) is -0.520. The molecule has 0 radical (unpaired) electrons. The van der Waals surface area contributed by atoms with Gasteiger partial charge in [0.25, 0.3) is 0 Å². The molecule has 0 aliphatic carbocycles. The van der Waals surface area contributed by atoms with Crippen LogP contribution >= 0.6 is 15.9 Å². The number of aryl methyl sites for hydroxylation is 1. The van der Waals surface area contributed by atoms with E-state index in [9.17, 15) is 13.2 Å². The van der Waals surface area contributed by atoms with E-state index < -0.39 is 20.5 Å². The first kappa shape index (κ1) is 18.7. The number of halogens is 1. The van der Waals surface area contributed by atoms with Gasteiger partial charge in [0.2, 0.25) is 5.91 Å². The van der Waals surface area contributed by atoms with Crippen molar-refractivity contribution in [3.05, 3.63) is 64.1 Å². The van der Waals surface area contributed by atoms with Crippen molar-refractivity contribution in [3.8, 4) is 0 Å². The Balaban J connectivity index is 2.20. The minimum Gasteiger partial charge on any atom is -0.351 e. The van der Waals surface area contributed by atoms with E-state index in [1.165, 1.54) is 26.0 Å². The van der Waals surface area contributed by atoms with Gasteiger partial charge >= 0.3 is 0 Å². The molecule has 0 unspecified atom stereocenters. The molecule has 0 spiro atoms. The normalized spacial score (nSPS) is 12.0. The summed E-state index contributed by atoms with van der Waals surface area (Å²) in [6.07, 6.45) is 0. The molecule has 0 aromatic heterocycles. The van der Waals surface area contributed by atoms with Crippen LogP contribution in [0.1, 0.15) is 25.0 Å². The number of hydrogen-bond donors (Lipinski definition) is 1. The van der Waals surface area contributed by atoms with Gasteiger partial charge in [-0.05, 0) is 56.2 Å². The van der Waals surface area contributed by atoms with Gasteiger partial charge in [-0.3, -0.25) is 4.79 Å². The molecule has 0 aliphatic rings. The molecule has 2 aromatic rings. The van der Waals surface area contributed by atoms with E-state index in [-0.39, 0.29) is 4.90 Å². The first-order chi connectivity index (χ1) is 11.2. The maximum atomic E-state index is 12.8. The Kier molecular flexibility index (Phi) is 5.50. The second kappa shape index (κ2) is 7.07. The molecule has 1 N–H and O–H groups in total. The van der Waals surface area contributed by atoms with Crippen LogP contribution in [-0.2, 0) is 21.2 Å². The number of rotatable bonds is 5. The van der Waals surface area contributed by atoms with Crippen LogP contribution in [-0.4, -0.2) is 19.1 Å². The van der Waals surface area contributed by atoms with Crippen LogP contribution in [0, 0.1) is 6.92 Å². The van der Waals surface area contributed by atoms with Gasteiger partial charge in [0.15, 0.2) is 9.84 Å². The predicted molar refractivity (Wildman–Crippen MR) is 98.4 cm³/mol. The number of carbonyl (C=O) groups excluding carboxylic acids is 1. The summed E-state index contributed by atoms with van der Waals surface area (Å²) in [7, 11) is -3.80. The molecule has 24 heavy (non-hydrogen) atoms. The molecule has 0 saturated heterocycles. The molecule has 6 heteroatoms. The molecule has 1 amide bonds. The Hall–Kier alpha value is -1.66. The van der Waals surface area contributed by atoms with Crippen LogP contribution in [0.4, 0.5) is 0 Å². The van der Waals surface area contributed by atoms with Crippen LogP contribution in [0.5, 0.6) is 0 Å². The molecule has 4 nitrogen and oxygen atoms in total. The van der Waals surface area contributed by atoms with Gasteiger partial charge in [0.1, 0.15) is 4.75 Å². The Morgan fingerprint density at radius 3 is 2.25 bits per heavy atom. The van der Waals surface area contributed by atoms with Gasteiger partial charge in [-0.1, -0.05) is 40.2 Å². The fourth-order valence-electron chi connectivity index (χ4n) is 2.23. The molecule has 0 heterocycles. The van der Waals surface area contributed by atoms with E-state index in [0.717, 1.165) is 15.6 Å². The van der Waals surface area contributed by atoms with E-state index in [4.69, 9.17) is 0 Å². The first-order valence-corrected chi connectivity index (χ1v) is 9.77. The zero-order chi connectivity index (χ0) is 18.0. The molecule has 0 atom stereocenters. The molecule has 0 saturated carbocycles. The lowest BCUT2D eigenvalue weighted by Gasteiger charge is -2.24. The van der Waals surface area contributed by atoms with Crippen molar-refractivity contribution in [2.24, 2.45) is 0 Å². The summed E-state index contributed by atoms with van der Waals surface area (Å²) in [6, 6.07) is 14.0. The van der Waals surface area contributed by atoms with Crippen molar-refractivity contribution >= 4 is 31.7 Å². The monoisotopic (exact) mass is 409 g/mol. The Morgan fingerprint density at radius 1 is 1.08 bits per heavy atom. The van der Waals surface area contributed by atoms with Crippen LogP contribution in [0.2, 0.25) is 0 Å². The standard InChI is InChI=1S/C18H20BrNO3S/c1-13-6-4-5-7-14(13)12-20-17(21)18(2,3)24(22,23)16-10-8-15(19)9-11-16/h4-11H,12H2,1-3H3,(H,20,21). The third kappa shape index (κ3) is 3.70. The van der Waals surface area contributed by atoms with Crippen molar-refractivity contribution in [3.63, 3.8) is 0 Å².